The summed E-state index contributed by atoms with van der Waals surface area (Å²) in [6.07, 6.45) is 0. The van der Waals surface area contributed by atoms with Crippen molar-refractivity contribution in [3.8, 4) is 5.75 Å². The van der Waals surface area contributed by atoms with Crippen LogP contribution in [-0.4, -0.2) is 38.1 Å². The van der Waals surface area contributed by atoms with Gasteiger partial charge in [-0.15, -0.1) is 0 Å². The van der Waals surface area contributed by atoms with Crippen LogP contribution in [0.15, 0.2) is 18.2 Å². The predicted molar refractivity (Wildman–Crippen MR) is 77.1 cm³/mol. The van der Waals surface area contributed by atoms with E-state index in [0.29, 0.717) is 13.1 Å². The number of rotatable bonds is 7. The Balaban J connectivity index is 2.63. The quantitative estimate of drug-likeness (QED) is 0.832. The summed E-state index contributed by atoms with van der Waals surface area (Å²) >= 11 is 0. The van der Waals surface area contributed by atoms with Gasteiger partial charge in [-0.2, -0.15) is 0 Å². The van der Waals surface area contributed by atoms with Gasteiger partial charge in [0.25, 0.3) is 0 Å². The molecule has 1 aromatic rings. The maximum Gasteiger partial charge on any atom is 0.226 e. The molecule has 1 N–H and O–H groups in total. The lowest BCUT2D eigenvalue weighted by Gasteiger charge is -2.22. The van der Waals surface area contributed by atoms with E-state index in [1.165, 1.54) is 13.2 Å². The summed E-state index contributed by atoms with van der Waals surface area (Å²) in [4.78, 5) is 13.7. The number of nitrogens with zero attached hydrogens (tertiary/aromatic N) is 1. The molecule has 0 saturated heterocycles. The normalized spacial score (nSPS) is 12.1. The van der Waals surface area contributed by atoms with E-state index in [1.807, 2.05) is 13.8 Å². The molecule has 0 heterocycles. The molecule has 1 unspecified atom stereocenters. The van der Waals surface area contributed by atoms with E-state index >= 15 is 0 Å². The molecule has 5 heteroatoms. The fraction of sp³-hybridized carbons (Fsp3) is 0.533. The van der Waals surface area contributed by atoms with Gasteiger partial charge in [0.05, 0.1) is 7.11 Å². The van der Waals surface area contributed by atoms with Crippen molar-refractivity contribution in [1.82, 2.24) is 10.2 Å². The van der Waals surface area contributed by atoms with Gasteiger partial charge in [0, 0.05) is 26.1 Å². The van der Waals surface area contributed by atoms with Crippen LogP contribution in [0.4, 0.5) is 4.39 Å². The van der Waals surface area contributed by atoms with E-state index < -0.39 is 5.82 Å². The number of methoxy groups -OCH3 is 1. The van der Waals surface area contributed by atoms with Crippen LogP contribution >= 0.6 is 0 Å². The molecule has 20 heavy (non-hydrogen) atoms. The first-order valence-electron chi connectivity index (χ1n) is 6.77. The SMILES string of the molecule is CCNCC(C)C(=O)N(C)Cc1ccc(OC)c(F)c1. The number of carbonyl (C=O) groups excluding carboxylic acids is 1. The maximum atomic E-state index is 13.6. The van der Waals surface area contributed by atoms with Crippen molar-refractivity contribution < 1.29 is 13.9 Å². The Labute approximate surface area is 119 Å². The van der Waals surface area contributed by atoms with Gasteiger partial charge in [0.15, 0.2) is 11.6 Å². The minimum Gasteiger partial charge on any atom is -0.494 e. The summed E-state index contributed by atoms with van der Waals surface area (Å²) in [5, 5.41) is 3.15. The van der Waals surface area contributed by atoms with Crippen LogP contribution < -0.4 is 10.1 Å². The highest BCUT2D eigenvalue weighted by Crippen LogP contribution is 2.18. The first-order chi connectivity index (χ1) is 9.49. The fourth-order valence-electron chi connectivity index (χ4n) is 1.98. The third-order valence-electron chi connectivity index (χ3n) is 3.13. The van der Waals surface area contributed by atoms with E-state index in [2.05, 4.69) is 5.32 Å². The third-order valence-corrected chi connectivity index (χ3v) is 3.13. The Morgan fingerprint density at radius 1 is 1.50 bits per heavy atom. The lowest BCUT2D eigenvalue weighted by Crippen LogP contribution is -2.36. The van der Waals surface area contributed by atoms with Gasteiger partial charge < -0.3 is 15.0 Å². The Morgan fingerprint density at radius 3 is 2.75 bits per heavy atom. The highest BCUT2D eigenvalue weighted by atomic mass is 19.1. The topological polar surface area (TPSA) is 41.6 Å². The zero-order chi connectivity index (χ0) is 15.1. The molecule has 0 radical (unpaired) electrons. The van der Waals surface area contributed by atoms with E-state index in [9.17, 15) is 9.18 Å². The van der Waals surface area contributed by atoms with Gasteiger partial charge in [-0.25, -0.2) is 4.39 Å². The maximum absolute atomic E-state index is 13.6. The Bertz CT molecular complexity index is 451. The molecule has 0 saturated carbocycles. The minimum absolute atomic E-state index is 0.0437. The van der Waals surface area contributed by atoms with Crippen molar-refractivity contribution in [2.24, 2.45) is 5.92 Å². The molecule has 1 atom stereocenters. The molecule has 0 fully saturated rings. The minimum atomic E-state index is -0.411. The molecule has 0 bridgehead atoms. The van der Waals surface area contributed by atoms with Crippen molar-refractivity contribution in [3.63, 3.8) is 0 Å². The van der Waals surface area contributed by atoms with Gasteiger partial charge in [-0.05, 0) is 24.2 Å². The number of amides is 1. The van der Waals surface area contributed by atoms with Crippen LogP contribution in [0, 0.1) is 11.7 Å². The summed E-state index contributed by atoms with van der Waals surface area (Å²) in [5.74, 6) is -0.250. The van der Waals surface area contributed by atoms with Gasteiger partial charge in [-0.3, -0.25) is 4.79 Å². The highest BCUT2D eigenvalue weighted by Gasteiger charge is 2.17. The van der Waals surface area contributed by atoms with Crippen LogP contribution in [0.1, 0.15) is 19.4 Å². The zero-order valence-corrected chi connectivity index (χ0v) is 12.6. The molecular formula is C15H23FN2O2. The summed E-state index contributed by atoms with van der Waals surface area (Å²) < 4.78 is 18.5. The standard InChI is InChI=1S/C15H23FN2O2/c1-5-17-9-11(2)15(19)18(3)10-12-6-7-14(20-4)13(16)8-12/h6-8,11,17H,5,9-10H2,1-4H3. The molecule has 1 rings (SSSR count). The van der Waals surface area contributed by atoms with Gasteiger partial charge >= 0.3 is 0 Å². The second kappa shape index (κ2) is 7.85. The number of ether oxygens (including phenoxy) is 1. The predicted octanol–water partition coefficient (Wildman–Crippen LogP) is 2.04. The van der Waals surface area contributed by atoms with Crippen LogP contribution in [0.25, 0.3) is 0 Å². The van der Waals surface area contributed by atoms with Crippen molar-refractivity contribution in [2.45, 2.75) is 20.4 Å². The van der Waals surface area contributed by atoms with Crippen molar-refractivity contribution in [2.75, 3.05) is 27.2 Å². The molecule has 0 aliphatic rings. The largest absolute Gasteiger partial charge is 0.494 e. The first kappa shape index (κ1) is 16.4. The number of nitrogens with one attached hydrogen (secondary N) is 1. The number of halogens is 1. The summed E-state index contributed by atoms with van der Waals surface area (Å²) in [6, 6.07) is 4.74. The molecule has 4 nitrogen and oxygen atoms in total. The molecule has 0 spiro atoms. The van der Waals surface area contributed by atoms with Crippen molar-refractivity contribution in [3.05, 3.63) is 29.6 Å². The van der Waals surface area contributed by atoms with Crippen LogP contribution in [0.2, 0.25) is 0 Å². The third kappa shape index (κ3) is 4.49. The van der Waals surface area contributed by atoms with Gasteiger partial charge in [0.2, 0.25) is 5.91 Å². The molecule has 1 amide bonds. The second-order valence-corrected chi connectivity index (χ2v) is 4.87. The number of hydrogen-bond acceptors (Lipinski definition) is 3. The summed E-state index contributed by atoms with van der Waals surface area (Å²) in [6.45, 7) is 5.76. The number of hydrogen-bond donors (Lipinski definition) is 1. The second-order valence-electron chi connectivity index (χ2n) is 4.87. The van der Waals surface area contributed by atoms with Gasteiger partial charge in [0.1, 0.15) is 0 Å². The smallest absolute Gasteiger partial charge is 0.226 e. The van der Waals surface area contributed by atoms with Crippen LogP contribution in [-0.2, 0) is 11.3 Å². The lowest BCUT2D eigenvalue weighted by molar-refractivity contribution is -0.134. The lowest BCUT2D eigenvalue weighted by atomic mass is 10.1. The molecule has 0 aliphatic heterocycles. The highest BCUT2D eigenvalue weighted by molar-refractivity contribution is 5.78. The zero-order valence-electron chi connectivity index (χ0n) is 12.6. The van der Waals surface area contributed by atoms with E-state index in [-0.39, 0.29) is 17.6 Å². The van der Waals surface area contributed by atoms with E-state index in [4.69, 9.17) is 4.74 Å². The van der Waals surface area contributed by atoms with E-state index in [1.54, 1.807) is 24.1 Å². The van der Waals surface area contributed by atoms with Crippen molar-refractivity contribution >= 4 is 5.91 Å². The number of carbonyl (C=O) groups is 1. The summed E-state index contributed by atoms with van der Waals surface area (Å²) in [5.41, 5.74) is 0.745. The Morgan fingerprint density at radius 2 is 2.20 bits per heavy atom. The number of benzene rings is 1. The molecule has 112 valence electrons. The van der Waals surface area contributed by atoms with Crippen LogP contribution in [0.3, 0.4) is 0 Å². The molecule has 0 aromatic heterocycles. The Hall–Kier alpha value is -1.62. The average molecular weight is 282 g/mol. The molecular weight excluding hydrogens is 259 g/mol. The van der Waals surface area contributed by atoms with Gasteiger partial charge in [-0.1, -0.05) is 19.9 Å². The van der Waals surface area contributed by atoms with Crippen molar-refractivity contribution in [1.29, 1.82) is 0 Å². The molecule has 0 aliphatic carbocycles. The van der Waals surface area contributed by atoms with E-state index in [0.717, 1.165) is 12.1 Å². The van der Waals surface area contributed by atoms with Crippen LogP contribution in [0.5, 0.6) is 5.75 Å². The summed E-state index contributed by atoms with van der Waals surface area (Å²) in [7, 11) is 3.16. The first-order valence-corrected chi connectivity index (χ1v) is 6.77. The molecule has 1 aromatic carbocycles. The fourth-order valence-corrected chi connectivity index (χ4v) is 1.98. The monoisotopic (exact) mass is 282 g/mol. The average Bonchev–Trinajstić information content (AvgIpc) is 2.44. The Kier molecular flexibility index (Phi) is 6.45.